The van der Waals surface area contributed by atoms with Crippen molar-refractivity contribution >= 4 is 0 Å². The fourth-order valence-corrected chi connectivity index (χ4v) is 5.11. The number of benzene rings is 1. The largest absolute Gasteiger partial charge is 0.396 e. The first kappa shape index (κ1) is 22.4. The number of rotatable bonds is 7. The van der Waals surface area contributed by atoms with E-state index in [4.69, 9.17) is 0 Å². The van der Waals surface area contributed by atoms with Gasteiger partial charge < -0.3 is 10.0 Å². The lowest BCUT2D eigenvalue weighted by Crippen LogP contribution is -2.54. The normalized spacial score (nSPS) is 25.2. The Morgan fingerprint density at radius 3 is 2.81 bits per heavy atom. The van der Waals surface area contributed by atoms with E-state index in [1.165, 1.54) is 16.7 Å². The molecule has 2 fully saturated rings. The van der Waals surface area contributed by atoms with Gasteiger partial charge in [0.05, 0.1) is 11.7 Å². The van der Waals surface area contributed by atoms with Gasteiger partial charge in [0.1, 0.15) is 0 Å². The highest BCUT2D eigenvalue weighted by atomic mass is 16.3. The molecule has 1 aromatic heterocycles. The number of piperazine rings is 1. The lowest BCUT2D eigenvalue weighted by atomic mass is 9.90. The van der Waals surface area contributed by atoms with Crippen molar-refractivity contribution in [2.45, 2.75) is 45.8 Å². The number of hydrogen-bond acceptors (Lipinski definition) is 6. The van der Waals surface area contributed by atoms with Crippen LogP contribution >= 0.6 is 0 Å². The second kappa shape index (κ2) is 10.2. The molecule has 31 heavy (non-hydrogen) atoms. The molecule has 1 aromatic carbocycles. The molecule has 4 rings (SSSR count). The van der Waals surface area contributed by atoms with Gasteiger partial charge in [0.25, 0.3) is 0 Å². The molecule has 3 N–H and O–H groups in total. The summed E-state index contributed by atoms with van der Waals surface area (Å²) in [5.74, 6) is 0.528. The molecule has 2 saturated heterocycles. The smallest absolute Gasteiger partial charge is 0.0547 e. The first-order valence-electron chi connectivity index (χ1n) is 11.6. The highest BCUT2D eigenvalue weighted by Crippen LogP contribution is 2.29. The quantitative estimate of drug-likeness (QED) is 0.635. The van der Waals surface area contributed by atoms with Gasteiger partial charge in [-0.15, -0.1) is 0 Å². The number of aliphatic hydroxyl groups excluding tert-OH is 1. The molecule has 0 amide bonds. The third kappa shape index (κ3) is 5.51. The Morgan fingerprint density at radius 1 is 1.13 bits per heavy atom. The first-order valence-corrected chi connectivity index (χ1v) is 11.6. The van der Waals surface area contributed by atoms with E-state index in [9.17, 15) is 5.11 Å². The number of hydrogen-bond donors (Lipinski definition) is 3. The molecule has 0 radical (unpaired) electrons. The van der Waals surface area contributed by atoms with Crippen molar-refractivity contribution in [3.8, 4) is 0 Å². The third-order valence-corrected chi connectivity index (χ3v) is 6.82. The molecular weight excluding hydrogens is 386 g/mol. The number of aliphatic hydroxyl groups is 1. The van der Waals surface area contributed by atoms with Crippen molar-refractivity contribution < 1.29 is 5.11 Å². The number of nitrogens with zero attached hydrogens (tertiary/aromatic N) is 3. The van der Waals surface area contributed by atoms with Gasteiger partial charge in [-0.2, -0.15) is 0 Å². The van der Waals surface area contributed by atoms with Gasteiger partial charge in [0.15, 0.2) is 0 Å². The van der Waals surface area contributed by atoms with Gasteiger partial charge >= 0.3 is 0 Å². The average Bonchev–Trinajstić information content (AvgIpc) is 3.20. The Balaban J connectivity index is 1.41. The molecule has 3 unspecified atom stereocenters. The van der Waals surface area contributed by atoms with Crippen LogP contribution in [0.2, 0.25) is 0 Å². The number of pyridine rings is 1. The predicted octanol–water partition coefficient (Wildman–Crippen LogP) is 2.34. The maximum absolute atomic E-state index is 9.68. The van der Waals surface area contributed by atoms with Crippen LogP contribution in [-0.2, 0) is 6.54 Å². The minimum atomic E-state index is 0.230. The summed E-state index contributed by atoms with van der Waals surface area (Å²) in [6.45, 7) is 12.6. The van der Waals surface area contributed by atoms with E-state index in [2.05, 4.69) is 69.8 Å². The van der Waals surface area contributed by atoms with Gasteiger partial charge in [-0.05, 0) is 50.5 Å². The molecule has 0 bridgehead atoms. The fourth-order valence-electron chi connectivity index (χ4n) is 5.11. The summed E-state index contributed by atoms with van der Waals surface area (Å²) in [6, 6.07) is 13.7. The van der Waals surface area contributed by atoms with Crippen LogP contribution in [0.25, 0.3) is 0 Å². The molecule has 3 heterocycles. The summed E-state index contributed by atoms with van der Waals surface area (Å²) in [4.78, 5) is 9.79. The Bertz CT molecular complexity index is 873. The molecule has 6 heteroatoms. The topological polar surface area (TPSA) is 63.7 Å². The van der Waals surface area contributed by atoms with Crippen LogP contribution in [0.3, 0.4) is 0 Å². The summed E-state index contributed by atoms with van der Waals surface area (Å²) in [7, 11) is 0. The first-order chi connectivity index (χ1) is 15.0. The minimum Gasteiger partial charge on any atom is -0.396 e. The molecule has 3 atom stereocenters. The number of nitrogens with one attached hydrogen (secondary N) is 2. The van der Waals surface area contributed by atoms with Crippen LogP contribution < -0.4 is 10.9 Å². The maximum Gasteiger partial charge on any atom is 0.0547 e. The molecule has 2 aliphatic heterocycles. The zero-order chi connectivity index (χ0) is 21.8. The van der Waals surface area contributed by atoms with Crippen LogP contribution in [-0.4, -0.2) is 65.3 Å². The van der Waals surface area contributed by atoms with E-state index >= 15 is 0 Å². The fraction of sp³-hybridized carbons (Fsp3) is 0.560. The van der Waals surface area contributed by atoms with Gasteiger partial charge in [0, 0.05) is 63.5 Å². The highest BCUT2D eigenvalue weighted by molar-refractivity contribution is 5.34. The Kier molecular flexibility index (Phi) is 7.35. The molecule has 0 saturated carbocycles. The Morgan fingerprint density at radius 2 is 2.00 bits per heavy atom. The average molecular weight is 424 g/mol. The Labute approximate surface area is 186 Å². The number of aryl methyl sites for hydroxylation is 3. The van der Waals surface area contributed by atoms with Gasteiger partial charge in [0.2, 0.25) is 0 Å². The van der Waals surface area contributed by atoms with Crippen LogP contribution in [0.15, 0.2) is 36.4 Å². The van der Waals surface area contributed by atoms with E-state index in [0.29, 0.717) is 18.0 Å². The molecule has 2 aliphatic rings. The summed E-state index contributed by atoms with van der Waals surface area (Å²) >= 11 is 0. The lowest BCUT2D eigenvalue weighted by Gasteiger charge is -2.42. The molecule has 0 aliphatic carbocycles. The van der Waals surface area contributed by atoms with Gasteiger partial charge in [-0.1, -0.05) is 29.8 Å². The van der Waals surface area contributed by atoms with E-state index in [-0.39, 0.29) is 6.61 Å². The molecule has 168 valence electrons. The molecule has 2 aromatic rings. The van der Waals surface area contributed by atoms with Crippen molar-refractivity contribution in [1.82, 2.24) is 25.6 Å². The van der Waals surface area contributed by atoms with Gasteiger partial charge in [-0.25, -0.2) is 5.43 Å². The van der Waals surface area contributed by atoms with Crippen LogP contribution in [0.4, 0.5) is 0 Å². The van der Waals surface area contributed by atoms with Crippen molar-refractivity contribution in [3.05, 3.63) is 64.5 Å². The monoisotopic (exact) mass is 423 g/mol. The van der Waals surface area contributed by atoms with Crippen LogP contribution in [0.5, 0.6) is 0 Å². The molecular formula is C25H37N5O. The molecule has 6 nitrogen and oxygen atoms in total. The second-order valence-electron chi connectivity index (χ2n) is 9.29. The van der Waals surface area contributed by atoms with Crippen molar-refractivity contribution in [2.75, 3.05) is 39.3 Å². The van der Waals surface area contributed by atoms with E-state index in [1.807, 2.05) is 13.0 Å². The zero-order valence-corrected chi connectivity index (χ0v) is 19.1. The zero-order valence-electron chi connectivity index (χ0n) is 19.1. The number of hydrazine groups is 1. The van der Waals surface area contributed by atoms with E-state index in [0.717, 1.165) is 57.1 Å². The number of aromatic nitrogens is 1. The minimum absolute atomic E-state index is 0.230. The third-order valence-electron chi connectivity index (χ3n) is 6.82. The molecule has 0 spiro atoms. The standard InChI is InChI=1S/C25H37N5O/c1-18-7-8-19(2)24(13-18)25-21(14-26-28-25)15-29-10-11-30(23(17-29)9-12-31)16-22-6-4-5-20(3)27-22/h4-8,13,21,23,25-26,28,31H,9-12,14-17H2,1-3H3. The summed E-state index contributed by atoms with van der Waals surface area (Å²) in [5, 5.41) is 9.68. The highest BCUT2D eigenvalue weighted by Gasteiger charge is 2.34. The SMILES string of the molecule is Cc1ccc(C)c(C2NNCC2CN2CCN(Cc3cccc(C)n3)C(CCO)C2)c1. The van der Waals surface area contributed by atoms with Crippen LogP contribution in [0.1, 0.15) is 40.5 Å². The maximum atomic E-state index is 9.68. The summed E-state index contributed by atoms with van der Waals surface area (Å²) in [6.07, 6.45) is 0.809. The predicted molar refractivity (Wildman–Crippen MR) is 125 cm³/mol. The summed E-state index contributed by atoms with van der Waals surface area (Å²) in [5.41, 5.74) is 13.2. The second-order valence-corrected chi connectivity index (χ2v) is 9.29. The van der Waals surface area contributed by atoms with Crippen molar-refractivity contribution in [3.63, 3.8) is 0 Å². The summed E-state index contributed by atoms with van der Waals surface area (Å²) < 4.78 is 0. The van der Waals surface area contributed by atoms with E-state index < -0.39 is 0 Å². The lowest BCUT2D eigenvalue weighted by molar-refractivity contribution is 0.0449. The van der Waals surface area contributed by atoms with E-state index in [1.54, 1.807) is 0 Å². The van der Waals surface area contributed by atoms with Crippen molar-refractivity contribution in [2.24, 2.45) is 5.92 Å². The van der Waals surface area contributed by atoms with Crippen molar-refractivity contribution in [1.29, 1.82) is 0 Å². The van der Waals surface area contributed by atoms with Crippen LogP contribution in [0, 0.1) is 26.7 Å². The van der Waals surface area contributed by atoms with Gasteiger partial charge in [-0.3, -0.25) is 15.3 Å². The Hall–Kier alpha value is -1.83.